The van der Waals surface area contributed by atoms with Crippen LogP contribution in [0.5, 0.6) is 0 Å². The van der Waals surface area contributed by atoms with Crippen LogP contribution < -0.4 is 15.5 Å². The van der Waals surface area contributed by atoms with Gasteiger partial charge < -0.3 is 15.5 Å². The first-order valence-corrected chi connectivity index (χ1v) is 8.86. The number of anilines is 1. The summed E-state index contributed by atoms with van der Waals surface area (Å²) in [5.74, 6) is -0.225. The number of benzene rings is 2. The molecule has 5 nitrogen and oxygen atoms in total. The van der Waals surface area contributed by atoms with Gasteiger partial charge >= 0.3 is 0 Å². The molecule has 2 N–H and O–H groups in total. The van der Waals surface area contributed by atoms with Crippen LogP contribution in [0.15, 0.2) is 48.5 Å². The quantitative estimate of drug-likeness (QED) is 0.803. The van der Waals surface area contributed by atoms with Gasteiger partial charge in [-0.25, -0.2) is 0 Å². The van der Waals surface area contributed by atoms with Gasteiger partial charge in [-0.1, -0.05) is 19.1 Å². The van der Waals surface area contributed by atoms with Crippen LogP contribution in [0.4, 0.5) is 5.69 Å². The average molecular weight is 353 g/mol. The van der Waals surface area contributed by atoms with Crippen LogP contribution in [0.25, 0.3) is 0 Å². The maximum Gasteiger partial charge on any atom is 0.251 e. The van der Waals surface area contributed by atoms with Crippen LogP contribution in [0.1, 0.15) is 46.5 Å². The largest absolute Gasteiger partial charge is 0.378 e. The van der Waals surface area contributed by atoms with E-state index >= 15 is 0 Å². The standard InChI is InChI=1S/C21H27N3O2/c1-5-15(2)23-21(26)18-8-6-7-16(13-18)14-22-20(25)17-9-11-19(12-10-17)24(3)4/h6-13,15H,5,14H2,1-4H3,(H,22,25)(H,23,26). The second kappa shape index (κ2) is 9.04. The fourth-order valence-corrected chi connectivity index (χ4v) is 2.43. The molecule has 2 amide bonds. The summed E-state index contributed by atoms with van der Waals surface area (Å²) in [6.07, 6.45) is 0.883. The Morgan fingerprint density at radius 2 is 1.69 bits per heavy atom. The third kappa shape index (κ3) is 5.34. The van der Waals surface area contributed by atoms with Gasteiger partial charge in [-0.15, -0.1) is 0 Å². The third-order valence-electron chi connectivity index (χ3n) is 4.28. The van der Waals surface area contributed by atoms with Crippen molar-refractivity contribution in [1.29, 1.82) is 0 Å². The minimum absolute atomic E-state index is 0.0909. The highest BCUT2D eigenvalue weighted by atomic mass is 16.2. The van der Waals surface area contributed by atoms with Crippen molar-refractivity contribution in [2.45, 2.75) is 32.9 Å². The first-order chi connectivity index (χ1) is 12.4. The Morgan fingerprint density at radius 3 is 2.31 bits per heavy atom. The first-order valence-electron chi connectivity index (χ1n) is 8.86. The number of carbonyl (C=O) groups excluding carboxylic acids is 2. The van der Waals surface area contributed by atoms with Crippen LogP contribution >= 0.6 is 0 Å². The van der Waals surface area contributed by atoms with E-state index in [0.29, 0.717) is 17.7 Å². The monoisotopic (exact) mass is 353 g/mol. The van der Waals surface area contributed by atoms with Gasteiger partial charge in [0, 0.05) is 43.5 Å². The zero-order valence-electron chi connectivity index (χ0n) is 15.9. The summed E-state index contributed by atoms with van der Waals surface area (Å²) in [4.78, 5) is 26.5. The molecule has 2 rings (SSSR count). The van der Waals surface area contributed by atoms with Crippen molar-refractivity contribution in [3.8, 4) is 0 Å². The van der Waals surface area contributed by atoms with Crippen molar-refractivity contribution in [3.05, 3.63) is 65.2 Å². The van der Waals surface area contributed by atoms with Crippen molar-refractivity contribution in [2.24, 2.45) is 0 Å². The molecule has 2 aromatic carbocycles. The van der Waals surface area contributed by atoms with Gasteiger partial charge in [0.1, 0.15) is 0 Å². The number of amides is 2. The predicted molar refractivity (Wildman–Crippen MR) is 106 cm³/mol. The van der Waals surface area contributed by atoms with Crippen molar-refractivity contribution in [1.82, 2.24) is 10.6 Å². The highest BCUT2D eigenvalue weighted by molar-refractivity contribution is 5.95. The number of rotatable bonds is 7. The molecule has 1 unspecified atom stereocenters. The lowest BCUT2D eigenvalue weighted by molar-refractivity contribution is 0.0936. The SMILES string of the molecule is CCC(C)NC(=O)c1cccc(CNC(=O)c2ccc(N(C)C)cc2)c1. The molecule has 0 fully saturated rings. The minimum Gasteiger partial charge on any atom is -0.378 e. The van der Waals surface area contributed by atoms with Crippen molar-refractivity contribution >= 4 is 17.5 Å². The second-order valence-corrected chi connectivity index (χ2v) is 6.61. The molecule has 0 aliphatic rings. The third-order valence-corrected chi connectivity index (χ3v) is 4.28. The van der Waals surface area contributed by atoms with Crippen LogP contribution in [0.2, 0.25) is 0 Å². The molecular weight excluding hydrogens is 326 g/mol. The normalized spacial score (nSPS) is 11.5. The molecule has 138 valence electrons. The van der Waals surface area contributed by atoms with Gasteiger partial charge in [0.25, 0.3) is 11.8 Å². The van der Waals surface area contributed by atoms with Gasteiger partial charge in [0.05, 0.1) is 0 Å². The zero-order valence-corrected chi connectivity index (χ0v) is 15.9. The molecule has 0 radical (unpaired) electrons. The Kier molecular flexibility index (Phi) is 6.78. The summed E-state index contributed by atoms with van der Waals surface area (Å²) < 4.78 is 0. The molecule has 0 aliphatic heterocycles. The lowest BCUT2D eigenvalue weighted by atomic mass is 10.1. The van der Waals surface area contributed by atoms with Crippen LogP contribution in [0.3, 0.4) is 0 Å². The molecule has 2 aromatic rings. The van der Waals surface area contributed by atoms with Gasteiger partial charge in [-0.2, -0.15) is 0 Å². The molecule has 1 atom stereocenters. The Labute approximate surface area is 155 Å². The van der Waals surface area contributed by atoms with Crippen LogP contribution in [-0.2, 0) is 6.54 Å². The molecule has 0 bridgehead atoms. The summed E-state index contributed by atoms with van der Waals surface area (Å²) in [7, 11) is 3.92. The molecule has 0 aliphatic carbocycles. The fraction of sp³-hybridized carbons (Fsp3) is 0.333. The van der Waals surface area contributed by atoms with Gasteiger partial charge in [-0.3, -0.25) is 9.59 Å². The van der Waals surface area contributed by atoms with Gasteiger partial charge in [-0.05, 0) is 55.3 Å². The van der Waals surface area contributed by atoms with Gasteiger partial charge in [0.2, 0.25) is 0 Å². The number of nitrogens with zero attached hydrogens (tertiary/aromatic N) is 1. The van der Waals surface area contributed by atoms with E-state index in [0.717, 1.165) is 17.7 Å². The van der Waals surface area contributed by atoms with E-state index in [1.165, 1.54) is 0 Å². The number of hydrogen-bond acceptors (Lipinski definition) is 3. The topological polar surface area (TPSA) is 61.4 Å². The highest BCUT2D eigenvalue weighted by Gasteiger charge is 2.10. The van der Waals surface area contributed by atoms with E-state index < -0.39 is 0 Å². The zero-order chi connectivity index (χ0) is 19.1. The Hall–Kier alpha value is -2.82. The fourth-order valence-electron chi connectivity index (χ4n) is 2.43. The summed E-state index contributed by atoms with van der Waals surface area (Å²) in [6, 6.07) is 14.9. The van der Waals surface area contributed by atoms with Crippen LogP contribution in [-0.4, -0.2) is 32.0 Å². The second-order valence-electron chi connectivity index (χ2n) is 6.61. The Balaban J connectivity index is 1.97. The first kappa shape index (κ1) is 19.5. The molecule has 0 aromatic heterocycles. The lowest BCUT2D eigenvalue weighted by Gasteiger charge is -2.13. The van der Waals surface area contributed by atoms with E-state index in [1.807, 2.05) is 63.2 Å². The van der Waals surface area contributed by atoms with E-state index in [9.17, 15) is 9.59 Å². The van der Waals surface area contributed by atoms with E-state index in [2.05, 4.69) is 10.6 Å². The van der Waals surface area contributed by atoms with Crippen LogP contribution in [0, 0.1) is 0 Å². The molecule has 5 heteroatoms. The summed E-state index contributed by atoms with van der Waals surface area (Å²) in [5.41, 5.74) is 3.15. The molecule has 0 saturated heterocycles. The Morgan fingerprint density at radius 1 is 1.00 bits per heavy atom. The van der Waals surface area contributed by atoms with Crippen molar-refractivity contribution in [2.75, 3.05) is 19.0 Å². The molecule has 26 heavy (non-hydrogen) atoms. The summed E-state index contributed by atoms with van der Waals surface area (Å²) in [5, 5.41) is 5.85. The maximum atomic E-state index is 12.3. The molecule has 0 heterocycles. The molecule has 0 saturated carbocycles. The molecule has 0 spiro atoms. The molecular formula is C21H27N3O2. The van der Waals surface area contributed by atoms with E-state index in [-0.39, 0.29) is 17.9 Å². The number of nitrogens with one attached hydrogen (secondary N) is 2. The maximum absolute atomic E-state index is 12.3. The average Bonchev–Trinajstić information content (AvgIpc) is 2.66. The lowest BCUT2D eigenvalue weighted by Crippen LogP contribution is -2.32. The Bertz CT molecular complexity index is 754. The smallest absolute Gasteiger partial charge is 0.251 e. The van der Waals surface area contributed by atoms with Crippen molar-refractivity contribution < 1.29 is 9.59 Å². The van der Waals surface area contributed by atoms with Gasteiger partial charge in [0.15, 0.2) is 0 Å². The van der Waals surface area contributed by atoms with E-state index in [4.69, 9.17) is 0 Å². The van der Waals surface area contributed by atoms with Crippen molar-refractivity contribution in [3.63, 3.8) is 0 Å². The number of hydrogen-bond donors (Lipinski definition) is 2. The van der Waals surface area contributed by atoms with E-state index in [1.54, 1.807) is 18.2 Å². The minimum atomic E-state index is -0.134. The number of carbonyl (C=O) groups is 2. The predicted octanol–water partition coefficient (Wildman–Crippen LogP) is 3.21. The summed E-state index contributed by atoms with van der Waals surface area (Å²) in [6.45, 7) is 4.38. The highest BCUT2D eigenvalue weighted by Crippen LogP contribution is 2.12. The summed E-state index contributed by atoms with van der Waals surface area (Å²) >= 11 is 0.